The minimum absolute atomic E-state index is 0.123. The van der Waals surface area contributed by atoms with Crippen molar-refractivity contribution in [2.45, 2.75) is 10.8 Å². The lowest BCUT2D eigenvalue weighted by Crippen LogP contribution is -2.27. The molecule has 0 unspecified atom stereocenters. The number of benzene rings is 2. The van der Waals surface area contributed by atoms with E-state index in [4.69, 9.17) is 11.6 Å². The van der Waals surface area contributed by atoms with E-state index in [0.29, 0.717) is 11.3 Å². The van der Waals surface area contributed by atoms with E-state index in [0.717, 1.165) is 10.4 Å². The molecule has 0 aromatic heterocycles. The van der Waals surface area contributed by atoms with Crippen molar-refractivity contribution in [1.29, 1.82) is 0 Å². The summed E-state index contributed by atoms with van der Waals surface area (Å²) in [5, 5.41) is 0. The van der Waals surface area contributed by atoms with Crippen molar-refractivity contribution in [3.05, 3.63) is 59.9 Å². The van der Waals surface area contributed by atoms with Crippen molar-refractivity contribution in [3.63, 3.8) is 0 Å². The largest absolute Gasteiger partial charge is 0.269 e. The maximum atomic E-state index is 13.8. The van der Waals surface area contributed by atoms with Crippen LogP contribution in [-0.2, 0) is 15.9 Å². The van der Waals surface area contributed by atoms with E-state index < -0.39 is 15.8 Å². The van der Waals surface area contributed by atoms with Crippen LogP contribution in [-0.4, -0.2) is 15.5 Å². The summed E-state index contributed by atoms with van der Waals surface area (Å²) in [4.78, 5) is -0.373. The number of sulfonamides is 1. The fourth-order valence-corrected chi connectivity index (χ4v) is 3.23. The zero-order valence-corrected chi connectivity index (χ0v) is 12.3. The van der Waals surface area contributed by atoms with Crippen LogP contribution in [0.3, 0.4) is 0 Å². The highest BCUT2D eigenvalue weighted by atomic mass is 35.5. The number of hydrogen-bond donors (Lipinski definition) is 0. The van der Waals surface area contributed by atoms with E-state index in [2.05, 4.69) is 0 Å². The van der Waals surface area contributed by atoms with Crippen molar-refractivity contribution in [2.75, 3.05) is 11.4 Å². The van der Waals surface area contributed by atoms with Gasteiger partial charge in [-0.3, -0.25) is 4.31 Å². The Morgan fingerprint density at radius 1 is 1.15 bits per heavy atom. The van der Waals surface area contributed by atoms with Gasteiger partial charge < -0.3 is 0 Å². The molecule has 106 valence electrons. The molecule has 0 saturated carbocycles. The van der Waals surface area contributed by atoms with Crippen molar-refractivity contribution in [1.82, 2.24) is 0 Å². The molecule has 6 heteroatoms. The Balaban J connectivity index is 2.50. The zero-order chi connectivity index (χ0) is 14.8. The summed E-state index contributed by atoms with van der Waals surface area (Å²) in [6.07, 6.45) is 0. The van der Waals surface area contributed by atoms with Crippen LogP contribution in [0.15, 0.2) is 53.4 Å². The number of anilines is 1. The lowest BCUT2D eigenvalue weighted by molar-refractivity contribution is 0.565. The highest BCUT2D eigenvalue weighted by Gasteiger charge is 2.25. The second-order valence-electron chi connectivity index (χ2n) is 4.21. The third-order valence-electron chi connectivity index (χ3n) is 2.91. The summed E-state index contributed by atoms with van der Waals surface area (Å²) in [5.41, 5.74) is 1.01. The molecule has 0 spiro atoms. The van der Waals surface area contributed by atoms with Crippen LogP contribution in [0.25, 0.3) is 0 Å². The summed E-state index contributed by atoms with van der Waals surface area (Å²) in [7, 11) is -2.57. The van der Waals surface area contributed by atoms with E-state index in [1.54, 1.807) is 30.3 Å². The Morgan fingerprint density at radius 2 is 1.80 bits per heavy atom. The Kier molecular flexibility index (Phi) is 4.30. The fraction of sp³-hybridized carbons (Fsp3) is 0.143. The smallest absolute Gasteiger partial charge is 0.266 e. The zero-order valence-electron chi connectivity index (χ0n) is 10.8. The summed E-state index contributed by atoms with van der Waals surface area (Å²) < 4.78 is 39.8. The first-order chi connectivity index (χ1) is 9.46. The summed E-state index contributed by atoms with van der Waals surface area (Å²) in [6, 6.07) is 12.3. The summed E-state index contributed by atoms with van der Waals surface area (Å²) in [5.74, 6) is -0.667. The first-order valence-corrected chi connectivity index (χ1v) is 7.82. The van der Waals surface area contributed by atoms with E-state index in [-0.39, 0.29) is 10.8 Å². The molecule has 0 amide bonds. The Bertz CT molecular complexity index is 704. The molecular weight excluding hydrogens is 301 g/mol. The Morgan fingerprint density at radius 3 is 2.40 bits per heavy atom. The molecule has 0 radical (unpaired) electrons. The third kappa shape index (κ3) is 2.78. The molecule has 0 N–H and O–H groups in total. The SMILES string of the molecule is CN(c1ccccc1)S(=O)(=O)c1cc(CCl)ccc1F. The molecule has 2 rings (SSSR count). The van der Waals surface area contributed by atoms with Gasteiger partial charge in [0.15, 0.2) is 0 Å². The van der Waals surface area contributed by atoms with Crippen molar-refractivity contribution in [3.8, 4) is 0 Å². The number of alkyl halides is 1. The van der Waals surface area contributed by atoms with Gasteiger partial charge >= 0.3 is 0 Å². The highest BCUT2D eigenvalue weighted by Crippen LogP contribution is 2.24. The molecule has 0 aliphatic carbocycles. The van der Waals surface area contributed by atoms with Crippen molar-refractivity contribution >= 4 is 27.3 Å². The standard InChI is InChI=1S/C14H13ClFNO2S/c1-17(12-5-3-2-4-6-12)20(18,19)14-9-11(10-15)7-8-13(14)16/h2-9H,10H2,1H3. The highest BCUT2D eigenvalue weighted by molar-refractivity contribution is 7.92. The minimum Gasteiger partial charge on any atom is -0.269 e. The van der Waals surface area contributed by atoms with Crippen LogP contribution in [0.4, 0.5) is 10.1 Å². The quantitative estimate of drug-likeness (QED) is 0.811. The van der Waals surface area contributed by atoms with Crippen molar-refractivity contribution in [2.24, 2.45) is 0 Å². The van der Waals surface area contributed by atoms with Gasteiger partial charge in [0.25, 0.3) is 10.0 Å². The number of para-hydroxylation sites is 1. The van der Waals surface area contributed by atoms with E-state index in [9.17, 15) is 12.8 Å². The minimum atomic E-state index is -3.96. The predicted octanol–water partition coefficient (Wildman–Crippen LogP) is 3.39. The molecule has 3 nitrogen and oxygen atoms in total. The topological polar surface area (TPSA) is 37.4 Å². The van der Waals surface area contributed by atoms with Gasteiger partial charge in [-0.2, -0.15) is 0 Å². The Labute approximate surface area is 122 Å². The van der Waals surface area contributed by atoms with Crippen LogP contribution in [0.2, 0.25) is 0 Å². The number of hydrogen-bond acceptors (Lipinski definition) is 2. The van der Waals surface area contributed by atoms with E-state index in [1.807, 2.05) is 0 Å². The van der Waals surface area contributed by atoms with Gasteiger partial charge in [-0.15, -0.1) is 11.6 Å². The molecule has 0 fully saturated rings. The van der Waals surface area contributed by atoms with Gasteiger partial charge in [-0.1, -0.05) is 24.3 Å². The normalized spacial score (nSPS) is 11.3. The molecular formula is C14H13ClFNO2S. The van der Waals surface area contributed by atoms with Crippen LogP contribution in [0, 0.1) is 5.82 Å². The molecule has 20 heavy (non-hydrogen) atoms. The maximum Gasteiger partial charge on any atom is 0.266 e. The average Bonchev–Trinajstić information content (AvgIpc) is 2.47. The first kappa shape index (κ1) is 14.8. The van der Waals surface area contributed by atoms with Crippen molar-refractivity contribution < 1.29 is 12.8 Å². The predicted molar refractivity (Wildman–Crippen MR) is 78.0 cm³/mol. The molecule has 0 bridgehead atoms. The fourth-order valence-electron chi connectivity index (χ4n) is 1.75. The van der Waals surface area contributed by atoms with Crippen LogP contribution in [0.1, 0.15) is 5.56 Å². The third-order valence-corrected chi connectivity index (χ3v) is 5.02. The molecule has 0 atom stereocenters. The summed E-state index contributed by atoms with van der Waals surface area (Å²) in [6.45, 7) is 0. The number of nitrogens with zero attached hydrogens (tertiary/aromatic N) is 1. The van der Waals surface area contributed by atoms with Crippen LogP contribution < -0.4 is 4.31 Å². The monoisotopic (exact) mass is 313 g/mol. The lowest BCUT2D eigenvalue weighted by Gasteiger charge is -2.20. The molecule has 2 aromatic rings. The number of rotatable bonds is 4. The summed E-state index contributed by atoms with van der Waals surface area (Å²) >= 11 is 5.67. The van der Waals surface area contributed by atoms with Gasteiger partial charge in [-0.05, 0) is 29.8 Å². The molecule has 0 saturated heterocycles. The van der Waals surface area contributed by atoms with E-state index >= 15 is 0 Å². The molecule has 0 aliphatic rings. The first-order valence-electron chi connectivity index (χ1n) is 5.85. The van der Waals surface area contributed by atoms with Gasteiger partial charge in [0.2, 0.25) is 0 Å². The Hall–Kier alpha value is -1.59. The maximum absolute atomic E-state index is 13.8. The second kappa shape index (κ2) is 5.81. The molecule has 0 aliphatic heterocycles. The van der Waals surface area contributed by atoms with Gasteiger partial charge in [0.1, 0.15) is 10.7 Å². The van der Waals surface area contributed by atoms with Gasteiger partial charge in [0, 0.05) is 12.9 Å². The van der Waals surface area contributed by atoms with Crippen LogP contribution >= 0.6 is 11.6 Å². The number of halogens is 2. The second-order valence-corrected chi connectivity index (χ2v) is 6.41. The van der Waals surface area contributed by atoms with E-state index in [1.165, 1.54) is 19.2 Å². The van der Waals surface area contributed by atoms with Crippen LogP contribution in [0.5, 0.6) is 0 Å². The lowest BCUT2D eigenvalue weighted by atomic mass is 10.2. The molecule has 2 aromatic carbocycles. The average molecular weight is 314 g/mol. The van der Waals surface area contributed by atoms with Gasteiger partial charge in [0.05, 0.1) is 5.69 Å². The van der Waals surface area contributed by atoms with Gasteiger partial charge in [-0.25, -0.2) is 12.8 Å². The molecule has 0 heterocycles.